The molecule has 6 nitrogen and oxygen atoms in total. The summed E-state index contributed by atoms with van der Waals surface area (Å²) in [6, 6.07) is 12.4. The van der Waals surface area contributed by atoms with Gasteiger partial charge in [-0.3, -0.25) is 9.59 Å². The van der Waals surface area contributed by atoms with E-state index in [2.05, 4.69) is 5.32 Å². The Morgan fingerprint density at radius 3 is 2.43 bits per heavy atom. The molecule has 1 amide bonds. The van der Waals surface area contributed by atoms with E-state index in [-0.39, 0.29) is 12.2 Å². The summed E-state index contributed by atoms with van der Waals surface area (Å²) in [5.41, 5.74) is -1.52. The van der Waals surface area contributed by atoms with Gasteiger partial charge in [-0.15, -0.1) is 0 Å². The van der Waals surface area contributed by atoms with E-state index in [9.17, 15) is 14.4 Å². The summed E-state index contributed by atoms with van der Waals surface area (Å²) in [6.07, 6.45) is 1.31. The highest BCUT2D eigenvalue weighted by atomic mass is 16.6. The minimum absolute atomic E-state index is 0.213. The average molecular weight is 411 g/mol. The van der Waals surface area contributed by atoms with Gasteiger partial charge in [0.1, 0.15) is 5.60 Å². The summed E-state index contributed by atoms with van der Waals surface area (Å²) < 4.78 is 10.6. The van der Waals surface area contributed by atoms with Crippen LogP contribution in [0.5, 0.6) is 0 Å². The number of hydrogen-bond acceptors (Lipinski definition) is 5. The Balaban J connectivity index is 2.19. The molecule has 160 valence electrons. The molecule has 1 aliphatic rings. The topological polar surface area (TPSA) is 81.7 Å². The highest BCUT2D eigenvalue weighted by Gasteiger charge is 2.55. The van der Waals surface area contributed by atoms with Gasteiger partial charge < -0.3 is 14.8 Å². The highest BCUT2D eigenvalue weighted by Crippen LogP contribution is 2.46. The molecule has 0 saturated heterocycles. The first-order valence-corrected chi connectivity index (χ1v) is 10.3. The van der Waals surface area contributed by atoms with Gasteiger partial charge in [0.2, 0.25) is 0 Å². The van der Waals surface area contributed by atoms with Gasteiger partial charge in [0.15, 0.2) is 11.2 Å². The van der Waals surface area contributed by atoms with Crippen LogP contribution in [0, 0.1) is 5.41 Å². The molecule has 0 bridgehead atoms. The Morgan fingerprint density at radius 2 is 1.77 bits per heavy atom. The number of hydrogen-bond donors (Lipinski definition) is 1. The lowest BCUT2D eigenvalue weighted by Gasteiger charge is -2.40. The van der Waals surface area contributed by atoms with Crippen LogP contribution in [0.15, 0.2) is 42.5 Å². The summed E-state index contributed by atoms with van der Waals surface area (Å²) in [5, 5.41) is 4.67. The largest absolute Gasteiger partial charge is 0.468 e. The molecular weight excluding hydrogens is 382 g/mol. The average Bonchev–Trinajstić information content (AvgIpc) is 2.70. The van der Waals surface area contributed by atoms with E-state index >= 15 is 0 Å². The summed E-state index contributed by atoms with van der Waals surface area (Å²) >= 11 is 0. The Labute approximate surface area is 176 Å². The number of methoxy groups -OCH3 is 1. The first-order chi connectivity index (χ1) is 14.2. The van der Waals surface area contributed by atoms with Crippen molar-refractivity contribution in [3.05, 3.63) is 48.0 Å². The van der Waals surface area contributed by atoms with Gasteiger partial charge in [-0.2, -0.15) is 0 Å². The van der Waals surface area contributed by atoms with Crippen LogP contribution in [0.25, 0.3) is 10.8 Å². The van der Waals surface area contributed by atoms with Crippen LogP contribution in [0.2, 0.25) is 0 Å². The molecule has 2 atom stereocenters. The smallest absolute Gasteiger partial charge is 0.408 e. The number of rotatable bonds is 4. The number of ether oxygens (including phenoxy) is 2. The van der Waals surface area contributed by atoms with Crippen molar-refractivity contribution in [1.29, 1.82) is 0 Å². The predicted octanol–water partition coefficient (Wildman–Crippen LogP) is 4.71. The molecule has 3 rings (SSSR count). The van der Waals surface area contributed by atoms with Crippen LogP contribution < -0.4 is 5.32 Å². The van der Waals surface area contributed by atoms with E-state index in [1.165, 1.54) is 7.11 Å². The molecule has 30 heavy (non-hydrogen) atoms. The Hall–Kier alpha value is -2.89. The fraction of sp³-hybridized carbons (Fsp3) is 0.458. The molecule has 0 heterocycles. The fourth-order valence-electron chi connectivity index (χ4n) is 4.27. The van der Waals surface area contributed by atoms with Crippen molar-refractivity contribution in [1.82, 2.24) is 5.32 Å². The molecule has 0 aromatic heterocycles. The quantitative estimate of drug-likeness (QED) is 0.582. The van der Waals surface area contributed by atoms with Gasteiger partial charge in [0.25, 0.3) is 0 Å². The van der Waals surface area contributed by atoms with E-state index in [0.717, 1.165) is 10.8 Å². The lowest BCUT2D eigenvalue weighted by atomic mass is 9.65. The number of amides is 1. The van der Waals surface area contributed by atoms with Crippen molar-refractivity contribution in [2.24, 2.45) is 5.41 Å². The second kappa shape index (κ2) is 8.46. The summed E-state index contributed by atoms with van der Waals surface area (Å²) in [5.74, 6) is -0.837. The molecule has 1 saturated carbocycles. The number of fused-ring (bicyclic) bond motifs is 1. The monoisotopic (exact) mass is 411 g/mol. The van der Waals surface area contributed by atoms with Gasteiger partial charge in [0, 0.05) is 6.42 Å². The van der Waals surface area contributed by atoms with E-state index < -0.39 is 29.1 Å². The van der Waals surface area contributed by atoms with Crippen molar-refractivity contribution in [2.75, 3.05) is 7.11 Å². The third-order valence-corrected chi connectivity index (χ3v) is 5.56. The molecule has 2 aromatic rings. The maximum absolute atomic E-state index is 13.2. The van der Waals surface area contributed by atoms with E-state index in [1.807, 2.05) is 42.5 Å². The molecule has 6 heteroatoms. The van der Waals surface area contributed by atoms with E-state index in [0.29, 0.717) is 24.8 Å². The molecule has 1 fully saturated rings. The fourth-order valence-corrected chi connectivity index (χ4v) is 4.27. The Kier molecular flexibility index (Phi) is 6.15. The van der Waals surface area contributed by atoms with E-state index in [4.69, 9.17) is 9.47 Å². The zero-order chi connectivity index (χ0) is 21.9. The van der Waals surface area contributed by atoms with Crippen LogP contribution in [0.3, 0.4) is 0 Å². The molecule has 2 unspecified atom stereocenters. The number of benzene rings is 2. The summed E-state index contributed by atoms with van der Waals surface area (Å²) in [4.78, 5) is 39.1. The van der Waals surface area contributed by atoms with Crippen molar-refractivity contribution in [3.8, 4) is 0 Å². The normalized spacial score (nSPS) is 20.5. The molecule has 0 aliphatic heterocycles. The highest BCUT2D eigenvalue weighted by molar-refractivity contribution is 6.06. The van der Waals surface area contributed by atoms with Crippen LogP contribution in [-0.2, 0) is 19.1 Å². The number of carbonyl (C=O) groups is 3. The standard InChI is InChI=1S/C24H29NO5/c1-23(2,3)30-22(28)25-20(18-13-9-11-16-10-5-6-12-17(16)18)24(21(27)29-4)15-8-7-14-19(24)26/h5-6,9-13,20H,7-8,14-15H2,1-4H3,(H,25,28). The molecule has 1 aliphatic carbocycles. The first kappa shape index (κ1) is 21.8. The zero-order valence-electron chi connectivity index (χ0n) is 18.0. The summed E-state index contributed by atoms with van der Waals surface area (Å²) in [6.45, 7) is 5.30. The maximum atomic E-state index is 13.2. The van der Waals surface area contributed by atoms with Crippen molar-refractivity contribution >= 4 is 28.6 Å². The van der Waals surface area contributed by atoms with E-state index in [1.54, 1.807) is 20.8 Å². The van der Waals surface area contributed by atoms with Gasteiger partial charge in [0.05, 0.1) is 13.2 Å². The maximum Gasteiger partial charge on any atom is 0.408 e. The predicted molar refractivity (Wildman–Crippen MR) is 114 cm³/mol. The minimum atomic E-state index is -1.49. The first-order valence-electron chi connectivity index (χ1n) is 10.3. The van der Waals surface area contributed by atoms with Crippen LogP contribution in [-0.4, -0.2) is 30.6 Å². The van der Waals surface area contributed by atoms with Crippen molar-refractivity contribution in [2.45, 2.75) is 58.1 Å². The second-order valence-corrected chi connectivity index (χ2v) is 8.74. The molecule has 0 radical (unpaired) electrons. The second-order valence-electron chi connectivity index (χ2n) is 8.74. The number of nitrogens with one attached hydrogen (secondary N) is 1. The van der Waals surface area contributed by atoms with Crippen molar-refractivity contribution < 1.29 is 23.9 Å². The van der Waals surface area contributed by atoms with Gasteiger partial charge in [-0.25, -0.2) is 4.79 Å². The number of esters is 1. The Morgan fingerprint density at radius 1 is 1.07 bits per heavy atom. The third kappa shape index (κ3) is 4.18. The SMILES string of the molecule is COC(=O)C1(C(NC(=O)OC(C)(C)C)c2cccc3ccccc23)CCCCC1=O. The van der Waals surface area contributed by atoms with Crippen molar-refractivity contribution in [3.63, 3.8) is 0 Å². The Bertz CT molecular complexity index is 946. The minimum Gasteiger partial charge on any atom is -0.468 e. The van der Waals surface area contributed by atoms with Gasteiger partial charge >= 0.3 is 12.1 Å². The van der Waals surface area contributed by atoms with Gasteiger partial charge in [-0.1, -0.05) is 48.9 Å². The lowest BCUT2D eigenvalue weighted by Crippen LogP contribution is -2.53. The molecular formula is C24H29NO5. The number of Topliss-reactive ketones (excluding diaryl/α,β-unsaturated/α-hetero) is 1. The van der Waals surface area contributed by atoms with Crippen LogP contribution in [0.1, 0.15) is 58.1 Å². The molecule has 2 aromatic carbocycles. The van der Waals surface area contributed by atoms with Crippen LogP contribution in [0.4, 0.5) is 4.79 Å². The molecule has 0 spiro atoms. The number of alkyl carbamates (subject to hydrolysis) is 1. The lowest BCUT2D eigenvalue weighted by molar-refractivity contribution is -0.162. The van der Waals surface area contributed by atoms with Gasteiger partial charge in [-0.05, 0) is 49.9 Å². The molecule has 1 N–H and O–H groups in total. The summed E-state index contributed by atoms with van der Waals surface area (Å²) in [7, 11) is 1.28. The van der Waals surface area contributed by atoms with Crippen LogP contribution >= 0.6 is 0 Å². The number of ketones is 1. The third-order valence-electron chi connectivity index (χ3n) is 5.56. The number of carbonyl (C=O) groups excluding carboxylic acids is 3. The zero-order valence-corrected chi connectivity index (χ0v) is 18.0.